The summed E-state index contributed by atoms with van der Waals surface area (Å²) in [6, 6.07) is 6.02. The highest BCUT2D eigenvalue weighted by molar-refractivity contribution is 9.10. The second kappa shape index (κ2) is 5.67. The average molecular weight is 297 g/mol. The van der Waals surface area contributed by atoms with Crippen LogP contribution in [0.25, 0.3) is 0 Å². The Morgan fingerprint density at radius 2 is 2.29 bits per heavy atom. The predicted molar refractivity (Wildman–Crippen MR) is 71.5 cm³/mol. The van der Waals surface area contributed by atoms with Crippen molar-refractivity contribution in [1.29, 1.82) is 0 Å². The van der Waals surface area contributed by atoms with Crippen LogP contribution in [0.3, 0.4) is 0 Å². The maximum Gasteiger partial charge on any atom is 0.136 e. The van der Waals surface area contributed by atoms with Crippen LogP contribution in [0.2, 0.25) is 0 Å². The molecule has 1 aromatic carbocycles. The van der Waals surface area contributed by atoms with Gasteiger partial charge >= 0.3 is 0 Å². The zero-order valence-corrected chi connectivity index (χ0v) is 11.6. The first-order valence-electron chi connectivity index (χ1n) is 6.07. The van der Waals surface area contributed by atoms with E-state index in [1.54, 1.807) is 0 Å². The third-order valence-corrected chi connectivity index (χ3v) is 3.76. The van der Waals surface area contributed by atoms with Gasteiger partial charge in [-0.05, 0) is 52.2 Å². The molecule has 17 heavy (non-hydrogen) atoms. The highest BCUT2D eigenvalue weighted by Crippen LogP contribution is 2.37. The van der Waals surface area contributed by atoms with E-state index >= 15 is 0 Å². The van der Waals surface area contributed by atoms with Gasteiger partial charge in [0.15, 0.2) is 0 Å². The number of rotatable bonds is 6. The number of hydrogen-bond donors (Lipinski definition) is 0. The Morgan fingerprint density at radius 3 is 2.94 bits per heavy atom. The summed E-state index contributed by atoms with van der Waals surface area (Å²) in [7, 11) is 0. The van der Waals surface area contributed by atoms with E-state index in [0.717, 1.165) is 34.6 Å². The quantitative estimate of drug-likeness (QED) is 0.744. The predicted octanol–water partition coefficient (Wildman–Crippen LogP) is 3.93. The molecule has 1 aliphatic rings. The molecule has 0 radical (unpaired) electrons. The van der Waals surface area contributed by atoms with Crippen LogP contribution in [0.15, 0.2) is 22.7 Å². The molecule has 0 N–H and O–H groups in total. The van der Waals surface area contributed by atoms with Crippen LogP contribution in [0, 0.1) is 5.92 Å². The van der Waals surface area contributed by atoms with Gasteiger partial charge in [-0.2, -0.15) is 0 Å². The van der Waals surface area contributed by atoms with E-state index in [-0.39, 0.29) is 5.92 Å². The Hall–Kier alpha value is -0.830. The van der Waals surface area contributed by atoms with E-state index in [9.17, 15) is 4.79 Å². The Kier molecular flexibility index (Phi) is 4.21. The summed E-state index contributed by atoms with van der Waals surface area (Å²) in [4.78, 5) is 10.6. The highest BCUT2D eigenvalue weighted by atomic mass is 79.9. The molecule has 1 aromatic rings. The van der Waals surface area contributed by atoms with Crippen LogP contribution in [0.5, 0.6) is 5.75 Å². The number of para-hydroxylation sites is 1. The van der Waals surface area contributed by atoms with Gasteiger partial charge in [-0.3, -0.25) is 0 Å². The lowest BCUT2D eigenvalue weighted by molar-refractivity contribution is -0.108. The molecule has 0 heterocycles. The van der Waals surface area contributed by atoms with Crippen molar-refractivity contribution in [2.75, 3.05) is 6.61 Å². The van der Waals surface area contributed by atoms with E-state index in [1.165, 1.54) is 12.8 Å². The standard InChI is InChI=1S/C14H17BrO2/c1-10(7-8-16)12-3-2-4-13(15)14(12)17-9-11-5-6-11/h2-4,8,10-11H,5-7,9H2,1H3. The van der Waals surface area contributed by atoms with Crippen molar-refractivity contribution < 1.29 is 9.53 Å². The van der Waals surface area contributed by atoms with Gasteiger partial charge in [0, 0.05) is 6.42 Å². The normalized spacial score (nSPS) is 16.6. The van der Waals surface area contributed by atoms with Crippen molar-refractivity contribution >= 4 is 22.2 Å². The lowest BCUT2D eigenvalue weighted by Crippen LogP contribution is -2.05. The monoisotopic (exact) mass is 296 g/mol. The fourth-order valence-electron chi connectivity index (χ4n) is 1.82. The highest BCUT2D eigenvalue weighted by Gasteiger charge is 2.23. The Bertz CT molecular complexity index is 399. The van der Waals surface area contributed by atoms with Gasteiger partial charge in [-0.1, -0.05) is 19.1 Å². The second-order valence-corrected chi connectivity index (χ2v) is 5.57. The van der Waals surface area contributed by atoms with Crippen LogP contribution in [-0.2, 0) is 4.79 Å². The van der Waals surface area contributed by atoms with Crippen LogP contribution in [0.4, 0.5) is 0 Å². The molecule has 3 heteroatoms. The van der Waals surface area contributed by atoms with Crippen LogP contribution in [-0.4, -0.2) is 12.9 Å². The van der Waals surface area contributed by atoms with E-state index < -0.39 is 0 Å². The first-order valence-corrected chi connectivity index (χ1v) is 6.86. The molecule has 0 aliphatic heterocycles. The molecule has 2 rings (SSSR count). The first-order chi connectivity index (χ1) is 8.22. The smallest absolute Gasteiger partial charge is 0.136 e. The van der Waals surface area contributed by atoms with Gasteiger partial charge in [0.2, 0.25) is 0 Å². The summed E-state index contributed by atoms with van der Waals surface area (Å²) in [5.74, 6) is 1.85. The zero-order valence-electron chi connectivity index (χ0n) is 9.99. The molecule has 1 atom stereocenters. The van der Waals surface area contributed by atoms with Crippen molar-refractivity contribution in [3.63, 3.8) is 0 Å². The van der Waals surface area contributed by atoms with Crippen molar-refractivity contribution in [2.24, 2.45) is 5.92 Å². The molecule has 0 amide bonds. The average Bonchev–Trinajstić information content (AvgIpc) is 3.11. The minimum Gasteiger partial charge on any atom is -0.492 e. The zero-order chi connectivity index (χ0) is 12.3. The Balaban J connectivity index is 2.16. The van der Waals surface area contributed by atoms with Crippen molar-refractivity contribution in [3.8, 4) is 5.75 Å². The van der Waals surface area contributed by atoms with Crippen molar-refractivity contribution in [3.05, 3.63) is 28.2 Å². The molecule has 2 nitrogen and oxygen atoms in total. The number of hydrogen-bond acceptors (Lipinski definition) is 2. The summed E-state index contributed by atoms with van der Waals surface area (Å²) in [5.41, 5.74) is 1.12. The van der Waals surface area contributed by atoms with Crippen LogP contribution < -0.4 is 4.74 Å². The van der Waals surface area contributed by atoms with Gasteiger partial charge in [0.25, 0.3) is 0 Å². The van der Waals surface area contributed by atoms with Crippen molar-refractivity contribution in [1.82, 2.24) is 0 Å². The van der Waals surface area contributed by atoms with E-state index in [2.05, 4.69) is 22.9 Å². The first kappa shape index (κ1) is 12.6. The number of aldehydes is 1. The second-order valence-electron chi connectivity index (χ2n) is 4.72. The summed E-state index contributed by atoms with van der Waals surface area (Å²) in [5, 5.41) is 0. The van der Waals surface area contributed by atoms with Crippen LogP contribution in [0.1, 0.15) is 37.7 Å². The molecule has 1 fully saturated rings. The lowest BCUT2D eigenvalue weighted by atomic mass is 9.97. The number of halogens is 1. The third kappa shape index (κ3) is 3.32. The third-order valence-electron chi connectivity index (χ3n) is 3.14. The molecule has 0 bridgehead atoms. The van der Waals surface area contributed by atoms with Gasteiger partial charge in [-0.15, -0.1) is 0 Å². The molecule has 1 aliphatic carbocycles. The molecule has 1 saturated carbocycles. The molecule has 1 unspecified atom stereocenters. The SMILES string of the molecule is CC(CC=O)c1cccc(Br)c1OCC1CC1. The number of carbonyl (C=O) groups is 1. The summed E-state index contributed by atoms with van der Waals surface area (Å²) in [6.45, 7) is 2.85. The minimum atomic E-state index is 0.208. The number of carbonyl (C=O) groups excluding carboxylic acids is 1. The number of benzene rings is 1. The van der Waals surface area contributed by atoms with Crippen LogP contribution >= 0.6 is 15.9 Å². The summed E-state index contributed by atoms with van der Waals surface area (Å²) in [6.07, 6.45) is 4.07. The van der Waals surface area contributed by atoms with Gasteiger partial charge < -0.3 is 9.53 Å². The maximum absolute atomic E-state index is 10.6. The molecular formula is C14H17BrO2. The summed E-state index contributed by atoms with van der Waals surface area (Å²) < 4.78 is 6.88. The molecule has 0 saturated heterocycles. The lowest BCUT2D eigenvalue weighted by Gasteiger charge is -2.16. The topological polar surface area (TPSA) is 26.3 Å². The van der Waals surface area contributed by atoms with Gasteiger partial charge in [0.1, 0.15) is 12.0 Å². The largest absolute Gasteiger partial charge is 0.492 e. The molecule has 0 spiro atoms. The molecular weight excluding hydrogens is 280 g/mol. The van der Waals surface area contributed by atoms with Gasteiger partial charge in [0.05, 0.1) is 11.1 Å². The fourth-order valence-corrected chi connectivity index (χ4v) is 2.32. The van der Waals surface area contributed by atoms with Gasteiger partial charge in [-0.25, -0.2) is 0 Å². The van der Waals surface area contributed by atoms with Crippen molar-refractivity contribution in [2.45, 2.75) is 32.1 Å². The molecule has 0 aromatic heterocycles. The fraction of sp³-hybridized carbons (Fsp3) is 0.500. The summed E-state index contributed by atoms with van der Waals surface area (Å²) >= 11 is 3.52. The van der Waals surface area contributed by atoms with E-state index in [0.29, 0.717) is 6.42 Å². The number of ether oxygens (including phenoxy) is 1. The maximum atomic E-state index is 10.6. The van der Waals surface area contributed by atoms with E-state index in [1.807, 2.05) is 18.2 Å². The minimum absolute atomic E-state index is 0.208. The Morgan fingerprint density at radius 1 is 1.53 bits per heavy atom. The Labute approximate surface area is 110 Å². The molecule has 92 valence electrons. The van der Waals surface area contributed by atoms with E-state index in [4.69, 9.17) is 4.74 Å².